The molecule has 0 fully saturated rings. The largest absolute Gasteiger partial charge is 0.466 e. The number of rotatable bonds is 7. The number of hydrogen-bond donors (Lipinski definition) is 2. The maximum atomic E-state index is 12.2. The molecule has 7 heteroatoms. The lowest BCUT2D eigenvalue weighted by molar-refractivity contribution is -0.145. The molecule has 1 amide bonds. The van der Waals surface area contributed by atoms with Crippen LogP contribution in [-0.4, -0.2) is 27.9 Å². The van der Waals surface area contributed by atoms with Gasteiger partial charge in [0.05, 0.1) is 23.7 Å². The lowest BCUT2D eigenvalue weighted by Crippen LogP contribution is -2.18. The van der Waals surface area contributed by atoms with Crippen molar-refractivity contribution in [1.29, 1.82) is 0 Å². The van der Waals surface area contributed by atoms with E-state index in [0.29, 0.717) is 12.2 Å². The van der Waals surface area contributed by atoms with Crippen molar-refractivity contribution in [2.75, 3.05) is 17.2 Å². The van der Waals surface area contributed by atoms with Gasteiger partial charge in [-0.3, -0.25) is 9.59 Å². The molecule has 2 aromatic heterocycles. The van der Waals surface area contributed by atoms with Gasteiger partial charge in [0.2, 0.25) is 5.91 Å². The highest BCUT2D eigenvalue weighted by Gasteiger charge is 2.15. The number of hydrogen-bond acceptors (Lipinski definition) is 5. The van der Waals surface area contributed by atoms with Crippen LogP contribution in [0.1, 0.15) is 41.4 Å². The van der Waals surface area contributed by atoms with Crippen LogP contribution in [0.3, 0.4) is 0 Å². The van der Waals surface area contributed by atoms with Crippen molar-refractivity contribution in [3.05, 3.63) is 58.5 Å². The van der Waals surface area contributed by atoms with Gasteiger partial charge < -0.3 is 19.8 Å². The topological polar surface area (TPSA) is 84.7 Å². The van der Waals surface area contributed by atoms with Crippen LogP contribution in [0.15, 0.2) is 30.5 Å². The second-order valence-electron chi connectivity index (χ2n) is 7.37. The molecule has 7 nitrogen and oxygen atoms in total. The monoisotopic (exact) mass is 408 g/mol. The molecular weight excluding hydrogens is 380 g/mol. The van der Waals surface area contributed by atoms with Crippen molar-refractivity contribution < 1.29 is 14.3 Å². The molecule has 0 spiro atoms. The third-order valence-electron chi connectivity index (χ3n) is 5.19. The Hall–Kier alpha value is -3.35. The molecule has 2 heterocycles. The number of aromatic nitrogens is 2. The Morgan fingerprint density at radius 2 is 1.83 bits per heavy atom. The fourth-order valence-corrected chi connectivity index (χ4v) is 3.43. The van der Waals surface area contributed by atoms with Crippen LogP contribution in [0, 0.1) is 27.7 Å². The first kappa shape index (κ1) is 21.4. The number of aryl methyl sites for hydroxylation is 4. The Kier molecular flexibility index (Phi) is 6.40. The molecule has 0 saturated carbocycles. The first-order valence-corrected chi connectivity index (χ1v) is 10.0. The minimum Gasteiger partial charge on any atom is -0.466 e. The molecular formula is C23H28N4O3. The highest BCUT2D eigenvalue weighted by atomic mass is 16.5. The molecule has 3 aromatic rings. The molecule has 0 radical (unpaired) electrons. The van der Waals surface area contributed by atoms with E-state index < -0.39 is 11.9 Å². The quantitative estimate of drug-likeness (QED) is 0.455. The Balaban J connectivity index is 1.90. The number of anilines is 2. The van der Waals surface area contributed by atoms with E-state index in [0.717, 1.165) is 22.7 Å². The molecule has 158 valence electrons. The summed E-state index contributed by atoms with van der Waals surface area (Å²) in [5.74, 6) is -0.956. The van der Waals surface area contributed by atoms with E-state index in [2.05, 4.69) is 41.6 Å². The van der Waals surface area contributed by atoms with Crippen molar-refractivity contribution in [2.45, 2.75) is 47.6 Å². The Bertz CT molecular complexity index is 1080. The molecule has 1 aromatic carbocycles. The number of carbonyl (C=O) groups is 2. The van der Waals surface area contributed by atoms with Gasteiger partial charge in [0.1, 0.15) is 6.42 Å². The minimum atomic E-state index is -0.542. The van der Waals surface area contributed by atoms with E-state index in [1.807, 2.05) is 36.6 Å². The average Bonchev–Trinajstić information content (AvgIpc) is 2.96. The molecule has 30 heavy (non-hydrogen) atoms. The van der Waals surface area contributed by atoms with Crippen LogP contribution in [0.2, 0.25) is 0 Å². The van der Waals surface area contributed by atoms with E-state index in [1.54, 1.807) is 6.92 Å². The second-order valence-corrected chi connectivity index (χ2v) is 7.37. The van der Waals surface area contributed by atoms with Crippen LogP contribution in [-0.2, 0) is 20.9 Å². The van der Waals surface area contributed by atoms with Gasteiger partial charge in [-0.2, -0.15) is 0 Å². The number of carbonyl (C=O) groups excluding carboxylic acids is 2. The summed E-state index contributed by atoms with van der Waals surface area (Å²) in [6.07, 6.45) is 1.50. The number of ether oxygens (including phenoxy) is 1. The van der Waals surface area contributed by atoms with Crippen LogP contribution in [0.4, 0.5) is 11.4 Å². The number of benzene rings is 1. The normalized spacial score (nSPS) is 10.8. The maximum Gasteiger partial charge on any atom is 0.315 e. The van der Waals surface area contributed by atoms with E-state index in [1.165, 1.54) is 16.7 Å². The standard InChI is InChI=1S/C23H28N4O3/c1-6-30-22(29)11-21(28)26-18-10-20(23-25-16(4)17(5)27(23)13-18)24-12-19-14(2)8-7-9-15(19)3/h7-10,13,24H,6,11-12H2,1-5H3,(H,26,28). The average molecular weight is 409 g/mol. The van der Waals surface area contributed by atoms with Gasteiger partial charge in [-0.05, 0) is 57.4 Å². The van der Waals surface area contributed by atoms with E-state index >= 15 is 0 Å². The number of nitrogens with zero attached hydrogens (tertiary/aromatic N) is 2. The summed E-state index contributed by atoms with van der Waals surface area (Å²) in [5, 5.41) is 6.27. The number of pyridine rings is 1. The van der Waals surface area contributed by atoms with Gasteiger partial charge in [-0.1, -0.05) is 18.2 Å². The number of imidazole rings is 1. The van der Waals surface area contributed by atoms with E-state index in [-0.39, 0.29) is 13.0 Å². The number of amides is 1. The zero-order chi connectivity index (χ0) is 21.8. The van der Waals surface area contributed by atoms with E-state index in [4.69, 9.17) is 4.74 Å². The first-order valence-electron chi connectivity index (χ1n) is 10.0. The fourth-order valence-electron chi connectivity index (χ4n) is 3.43. The van der Waals surface area contributed by atoms with Gasteiger partial charge in [0, 0.05) is 18.4 Å². The molecule has 0 aliphatic heterocycles. The fraction of sp³-hybridized carbons (Fsp3) is 0.348. The lowest BCUT2D eigenvalue weighted by atomic mass is 10.0. The summed E-state index contributed by atoms with van der Waals surface area (Å²) < 4.78 is 6.80. The predicted octanol–water partition coefficient (Wildman–Crippen LogP) is 4.07. The van der Waals surface area contributed by atoms with Crippen molar-refractivity contribution in [3.8, 4) is 0 Å². The molecule has 2 N–H and O–H groups in total. The highest BCUT2D eigenvalue weighted by molar-refractivity contribution is 6.02. The molecule has 0 bridgehead atoms. The molecule has 0 atom stereocenters. The Labute approximate surface area is 176 Å². The Morgan fingerprint density at radius 3 is 2.50 bits per heavy atom. The van der Waals surface area contributed by atoms with Gasteiger partial charge in [0.15, 0.2) is 5.65 Å². The van der Waals surface area contributed by atoms with Gasteiger partial charge in [-0.25, -0.2) is 4.98 Å². The minimum absolute atomic E-state index is 0.248. The van der Waals surface area contributed by atoms with Crippen LogP contribution in [0.25, 0.3) is 5.65 Å². The van der Waals surface area contributed by atoms with Gasteiger partial charge in [-0.15, -0.1) is 0 Å². The van der Waals surface area contributed by atoms with Crippen molar-refractivity contribution in [3.63, 3.8) is 0 Å². The SMILES string of the molecule is CCOC(=O)CC(=O)Nc1cc(NCc2c(C)cccc2C)c2nc(C)c(C)n2c1. The molecule has 0 aliphatic rings. The lowest BCUT2D eigenvalue weighted by Gasteiger charge is -2.14. The summed E-state index contributed by atoms with van der Waals surface area (Å²) in [6, 6.07) is 8.08. The number of esters is 1. The zero-order valence-corrected chi connectivity index (χ0v) is 18.1. The highest BCUT2D eigenvalue weighted by Crippen LogP contribution is 2.26. The maximum absolute atomic E-state index is 12.2. The summed E-state index contributed by atoms with van der Waals surface area (Å²) in [5.41, 5.74) is 7.75. The van der Waals surface area contributed by atoms with Gasteiger partial charge in [0.25, 0.3) is 0 Å². The van der Waals surface area contributed by atoms with E-state index in [9.17, 15) is 9.59 Å². The van der Waals surface area contributed by atoms with Crippen molar-refractivity contribution in [1.82, 2.24) is 9.38 Å². The number of fused-ring (bicyclic) bond motifs is 1. The first-order chi connectivity index (χ1) is 14.3. The molecule has 0 aliphatic carbocycles. The predicted molar refractivity (Wildman–Crippen MR) is 118 cm³/mol. The number of nitrogens with one attached hydrogen (secondary N) is 2. The molecule has 0 unspecified atom stereocenters. The summed E-state index contributed by atoms with van der Waals surface area (Å²) in [4.78, 5) is 28.5. The molecule has 0 saturated heterocycles. The van der Waals surface area contributed by atoms with Gasteiger partial charge >= 0.3 is 5.97 Å². The van der Waals surface area contributed by atoms with Crippen LogP contribution < -0.4 is 10.6 Å². The van der Waals surface area contributed by atoms with Crippen molar-refractivity contribution in [2.24, 2.45) is 0 Å². The Morgan fingerprint density at radius 1 is 1.13 bits per heavy atom. The van der Waals surface area contributed by atoms with Crippen LogP contribution >= 0.6 is 0 Å². The summed E-state index contributed by atoms with van der Waals surface area (Å²) in [7, 11) is 0. The molecule has 3 rings (SSSR count). The zero-order valence-electron chi connectivity index (χ0n) is 18.1. The van der Waals surface area contributed by atoms with Crippen LogP contribution in [0.5, 0.6) is 0 Å². The second kappa shape index (κ2) is 8.98. The summed E-state index contributed by atoms with van der Waals surface area (Å²) in [6.45, 7) is 10.7. The summed E-state index contributed by atoms with van der Waals surface area (Å²) >= 11 is 0. The third-order valence-corrected chi connectivity index (χ3v) is 5.19. The third kappa shape index (κ3) is 4.62. The van der Waals surface area contributed by atoms with Crippen molar-refractivity contribution >= 4 is 28.9 Å². The smallest absolute Gasteiger partial charge is 0.315 e.